The molecule has 0 saturated heterocycles. The van der Waals surface area contributed by atoms with Crippen molar-refractivity contribution < 1.29 is 4.79 Å². The Labute approximate surface area is 153 Å². The monoisotopic (exact) mass is 353 g/mol. The summed E-state index contributed by atoms with van der Waals surface area (Å²) in [4.78, 5) is 12.4. The summed E-state index contributed by atoms with van der Waals surface area (Å²) >= 11 is 1.59. The lowest BCUT2D eigenvalue weighted by atomic mass is 10.0. The second-order valence-electron chi connectivity index (χ2n) is 6.23. The van der Waals surface area contributed by atoms with Crippen molar-refractivity contribution in [3.05, 3.63) is 47.2 Å². The van der Waals surface area contributed by atoms with Gasteiger partial charge in [-0.2, -0.15) is 5.26 Å². The molecule has 1 aromatic heterocycles. The lowest BCUT2D eigenvalue weighted by Gasteiger charge is -2.21. The van der Waals surface area contributed by atoms with Gasteiger partial charge < -0.3 is 10.6 Å². The first-order chi connectivity index (χ1) is 12.0. The van der Waals surface area contributed by atoms with Crippen molar-refractivity contribution in [1.29, 1.82) is 5.26 Å². The molecular weight excluding hydrogens is 330 g/mol. The predicted octanol–water partition coefficient (Wildman–Crippen LogP) is 4.52. The van der Waals surface area contributed by atoms with Crippen LogP contribution in [0.2, 0.25) is 0 Å². The first kappa shape index (κ1) is 18.8. The van der Waals surface area contributed by atoms with Crippen molar-refractivity contribution >= 4 is 29.0 Å². The third-order valence-corrected chi connectivity index (χ3v) is 4.56. The fourth-order valence-corrected chi connectivity index (χ4v) is 3.37. The number of hydrogen-bond donors (Lipinski definition) is 2. The third-order valence-electron chi connectivity index (χ3n) is 3.81. The zero-order valence-electron chi connectivity index (χ0n) is 14.6. The Bertz CT molecular complexity index is 756. The average molecular weight is 353 g/mol. The molecule has 0 fully saturated rings. The second kappa shape index (κ2) is 9.05. The molecule has 1 aromatic carbocycles. The Kier molecular flexibility index (Phi) is 6.79. The topological polar surface area (TPSA) is 64.9 Å². The number of benzene rings is 1. The van der Waals surface area contributed by atoms with E-state index in [0.717, 1.165) is 22.4 Å². The summed E-state index contributed by atoms with van der Waals surface area (Å²) in [7, 11) is 0. The highest BCUT2D eigenvalue weighted by Crippen LogP contribution is 2.33. The highest BCUT2D eigenvalue weighted by Gasteiger charge is 2.21. The van der Waals surface area contributed by atoms with Crippen LogP contribution in [-0.4, -0.2) is 18.5 Å². The second-order valence-corrected chi connectivity index (χ2v) is 6.97. The van der Waals surface area contributed by atoms with E-state index in [1.807, 2.05) is 29.7 Å². The van der Waals surface area contributed by atoms with Crippen LogP contribution in [0.15, 0.2) is 41.6 Å². The van der Waals surface area contributed by atoms with E-state index < -0.39 is 0 Å². The minimum absolute atomic E-state index is 0.0224. The van der Waals surface area contributed by atoms with Crippen LogP contribution < -0.4 is 10.6 Å². The zero-order valence-corrected chi connectivity index (χ0v) is 15.4. The van der Waals surface area contributed by atoms with Crippen molar-refractivity contribution in [3.63, 3.8) is 0 Å². The van der Waals surface area contributed by atoms with Gasteiger partial charge >= 0.3 is 0 Å². The number of hydrogen-bond acceptors (Lipinski definition) is 4. The van der Waals surface area contributed by atoms with Crippen LogP contribution in [0.4, 0.5) is 5.69 Å². The average Bonchev–Trinajstić information content (AvgIpc) is 3.07. The molecule has 0 aliphatic rings. The van der Waals surface area contributed by atoms with Crippen LogP contribution >= 0.6 is 11.3 Å². The summed E-state index contributed by atoms with van der Waals surface area (Å²) in [6.45, 7) is 7.95. The Hall–Kier alpha value is -2.58. The summed E-state index contributed by atoms with van der Waals surface area (Å²) in [6, 6.07) is 9.73. The molecule has 0 unspecified atom stereocenters. The molecule has 0 aliphatic heterocycles. The smallest absolute Gasteiger partial charge is 0.243 e. The standard InChI is InChI=1S/C20H23N3OS/c1-4-15-5-7-16(8-6-15)17-12-25-13-19(17)23-18(11-14(2)3)20(24)22-10-9-21/h4-8,12-14,18,23H,1,10-11H2,2-3H3,(H,22,24)/t18-/m0/s1. The molecule has 0 saturated carbocycles. The molecule has 5 heteroatoms. The lowest BCUT2D eigenvalue weighted by Crippen LogP contribution is -2.40. The summed E-state index contributed by atoms with van der Waals surface area (Å²) in [5.41, 5.74) is 4.17. The third kappa shape index (κ3) is 5.20. The van der Waals surface area contributed by atoms with Gasteiger partial charge in [-0.15, -0.1) is 11.3 Å². The van der Waals surface area contributed by atoms with E-state index in [1.54, 1.807) is 11.3 Å². The van der Waals surface area contributed by atoms with Crippen LogP contribution in [0.25, 0.3) is 17.2 Å². The Morgan fingerprint density at radius 2 is 2.04 bits per heavy atom. The maximum Gasteiger partial charge on any atom is 0.243 e. The molecule has 4 nitrogen and oxygen atoms in total. The first-order valence-electron chi connectivity index (χ1n) is 8.25. The SMILES string of the molecule is C=Cc1ccc(-c2cscc2N[C@@H](CC(C)C)C(=O)NCC#N)cc1. The highest BCUT2D eigenvalue weighted by atomic mass is 32.1. The molecule has 0 aliphatic carbocycles. The number of nitrogens with zero attached hydrogens (tertiary/aromatic N) is 1. The van der Waals surface area contributed by atoms with Crippen LogP contribution in [0.5, 0.6) is 0 Å². The van der Waals surface area contributed by atoms with Gasteiger partial charge in [-0.3, -0.25) is 4.79 Å². The number of amides is 1. The van der Waals surface area contributed by atoms with E-state index in [-0.39, 0.29) is 18.5 Å². The Morgan fingerprint density at radius 3 is 2.64 bits per heavy atom. The van der Waals surface area contributed by atoms with Crippen molar-refractivity contribution in [2.75, 3.05) is 11.9 Å². The highest BCUT2D eigenvalue weighted by molar-refractivity contribution is 7.08. The van der Waals surface area contributed by atoms with Crippen molar-refractivity contribution in [1.82, 2.24) is 5.32 Å². The van der Waals surface area contributed by atoms with E-state index in [9.17, 15) is 4.79 Å². The number of nitrogens with one attached hydrogen (secondary N) is 2. The van der Waals surface area contributed by atoms with E-state index in [2.05, 4.69) is 48.6 Å². The van der Waals surface area contributed by atoms with Gasteiger partial charge in [-0.25, -0.2) is 0 Å². The maximum absolute atomic E-state index is 12.4. The largest absolute Gasteiger partial charge is 0.372 e. The molecule has 1 amide bonds. The van der Waals surface area contributed by atoms with Gasteiger partial charge in [0, 0.05) is 16.3 Å². The van der Waals surface area contributed by atoms with Crippen molar-refractivity contribution in [2.45, 2.75) is 26.3 Å². The molecule has 0 radical (unpaired) electrons. The van der Waals surface area contributed by atoms with E-state index in [0.29, 0.717) is 12.3 Å². The minimum Gasteiger partial charge on any atom is -0.372 e. The maximum atomic E-state index is 12.4. The zero-order chi connectivity index (χ0) is 18.2. The molecule has 0 spiro atoms. The number of carbonyl (C=O) groups excluding carboxylic acids is 1. The minimum atomic E-state index is -0.367. The Morgan fingerprint density at radius 1 is 1.32 bits per heavy atom. The Balaban J connectivity index is 2.21. The van der Waals surface area contributed by atoms with Gasteiger partial charge in [-0.1, -0.05) is 50.8 Å². The van der Waals surface area contributed by atoms with Crippen molar-refractivity contribution in [3.8, 4) is 17.2 Å². The van der Waals surface area contributed by atoms with Gasteiger partial charge in [0.15, 0.2) is 0 Å². The van der Waals surface area contributed by atoms with Crippen molar-refractivity contribution in [2.24, 2.45) is 5.92 Å². The normalized spacial score (nSPS) is 11.6. The molecule has 1 heterocycles. The number of carbonyl (C=O) groups is 1. The van der Waals surface area contributed by atoms with Gasteiger partial charge in [0.1, 0.15) is 12.6 Å². The van der Waals surface area contributed by atoms with E-state index in [1.165, 1.54) is 0 Å². The lowest BCUT2D eigenvalue weighted by molar-refractivity contribution is -0.121. The number of rotatable bonds is 8. The molecule has 1 atom stereocenters. The molecule has 0 bridgehead atoms. The molecule has 25 heavy (non-hydrogen) atoms. The van der Waals surface area contributed by atoms with Crippen LogP contribution in [0, 0.1) is 17.2 Å². The van der Waals surface area contributed by atoms with Gasteiger partial charge in [0.25, 0.3) is 0 Å². The fraction of sp³-hybridized carbons (Fsp3) is 0.300. The predicted molar refractivity (Wildman–Crippen MR) is 105 cm³/mol. The van der Waals surface area contributed by atoms with Crippen LogP contribution in [0.1, 0.15) is 25.8 Å². The molecule has 2 N–H and O–H groups in total. The summed E-state index contributed by atoms with van der Waals surface area (Å²) < 4.78 is 0. The van der Waals surface area contributed by atoms with Gasteiger partial charge in [0.05, 0.1) is 11.8 Å². The molecule has 2 rings (SSSR count). The van der Waals surface area contributed by atoms with Crippen LogP contribution in [0.3, 0.4) is 0 Å². The number of nitriles is 1. The molecular formula is C20H23N3OS. The van der Waals surface area contributed by atoms with E-state index >= 15 is 0 Å². The summed E-state index contributed by atoms with van der Waals surface area (Å²) in [5.74, 6) is 0.216. The molecule has 130 valence electrons. The number of anilines is 1. The van der Waals surface area contributed by atoms with Gasteiger partial charge in [0.2, 0.25) is 5.91 Å². The molecule has 2 aromatic rings. The van der Waals surface area contributed by atoms with Gasteiger partial charge in [-0.05, 0) is 23.5 Å². The van der Waals surface area contributed by atoms with E-state index in [4.69, 9.17) is 5.26 Å². The first-order valence-corrected chi connectivity index (χ1v) is 9.19. The summed E-state index contributed by atoms with van der Waals surface area (Å²) in [6.07, 6.45) is 2.51. The number of thiophene rings is 1. The quantitative estimate of drug-likeness (QED) is 0.686. The summed E-state index contributed by atoms with van der Waals surface area (Å²) in [5, 5.41) is 18.8. The van der Waals surface area contributed by atoms with Crippen LogP contribution in [-0.2, 0) is 4.79 Å². The fourth-order valence-electron chi connectivity index (χ4n) is 2.57.